The van der Waals surface area contributed by atoms with Gasteiger partial charge in [0.25, 0.3) is 5.91 Å². The van der Waals surface area contributed by atoms with Crippen LogP contribution in [0.3, 0.4) is 0 Å². The predicted octanol–water partition coefficient (Wildman–Crippen LogP) is 4.91. The minimum atomic E-state index is -1.08. The highest BCUT2D eigenvalue weighted by atomic mass is 16.5. The minimum absolute atomic E-state index is 0.104. The first-order valence-corrected chi connectivity index (χ1v) is 12.9. The van der Waals surface area contributed by atoms with Crippen LogP contribution in [0.1, 0.15) is 61.5 Å². The molecule has 0 bridgehead atoms. The molecule has 0 saturated heterocycles. The van der Waals surface area contributed by atoms with E-state index in [0.717, 1.165) is 42.1 Å². The van der Waals surface area contributed by atoms with Gasteiger partial charge < -0.3 is 24.3 Å². The molecule has 0 radical (unpaired) electrons. The van der Waals surface area contributed by atoms with Crippen molar-refractivity contribution in [2.24, 2.45) is 0 Å². The van der Waals surface area contributed by atoms with Gasteiger partial charge in [-0.25, -0.2) is 0 Å². The summed E-state index contributed by atoms with van der Waals surface area (Å²) in [7, 11) is 3.23. The maximum atomic E-state index is 14.1. The summed E-state index contributed by atoms with van der Waals surface area (Å²) >= 11 is 0. The number of fused-ring (bicyclic) bond motifs is 3. The highest BCUT2D eigenvalue weighted by Gasteiger charge is 2.48. The van der Waals surface area contributed by atoms with Crippen LogP contribution < -0.4 is 14.8 Å². The zero-order valence-electron chi connectivity index (χ0n) is 21.4. The lowest BCUT2D eigenvalue weighted by Gasteiger charge is -2.44. The Balaban J connectivity index is 1.60. The first-order valence-electron chi connectivity index (χ1n) is 12.9. The highest BCUT2D eigenvalue weighted by molar-refractivity contribution is 6.05. The van der Waals surface area contributed by atoms with Crippen LogP contribution in [-0.2, 0) is 17.9 Å². The zero-order valence-corrected chi connectivity index (χ0v) is 21.4. The number of carbonyl (C=O) groups is 2. The van der Waals surface area contributed by atoms with Crippen molar-refractivity contribution in [3.8, 4) is 11.5 Å². The summed E-state index contributed by atoms with van der Waals surface area (Å²) in [5.74, 6) is 1.03. The summed E-state index contributed by atoms with van der Waals surface area (Å²) in [5.41, 5.74) is 1.21. The SMILES string of the molecule is COc1ccc(OC)c2c1cc1n2C[C@](C)(C(=O)NC2CCCCCC2)N(Cc2ccccc2)C1=O. The number of ether oxygens (including phenoxy) is 2. The van der Waals surface area contributed by atoms with Gasteiger partial charge in [0.05, 0.1) is 26.3 Å². The van der Waals surface area contributed by atoms with Crippen molar-refractivity contribution in [3.63, 3.8) is 0 Å². The maximum Gasteiger partial charge on any atom is 0.271 e. The number of rotatable bonds is 6. The summed E-state index contributed by atoms with van der Waals surface area (Å²) in [4.78, 5) is 29.9. The number of hydrogen-bond donors (Lipinski definition) is 1. The summed E-state index contributed by atoms with van der Waals surface area (Å²) in [6.45, 7) is 2.57. The van der Waals surface area contributed by atoms with Gasteiger partial charge in [-0.1, -0.05) is 56.0 Å². The largest absolute Gasteiger partial charge is 0.496 e. The van der Waals surface area contributed by atoms with E-state index in [4.69, 9.17) is 9.47 Å². The fourth-order valence-electron chi connectivity index (χ4n) is 5.73. The molecule has 36 heavy (non-hydrogen) atoms. The first kappa shape index (κ1) is 24.2. The van der Waals surface area contributed by atoms with Crippen molar-refractivity contribution in [1.29, 1.82) is 0 Å². The maximum absolute atomic E-state index is 14.1. The molecule has 2 aliphatic rings. The van der Waals surface area contributed by atoms with E-state index in [2.05, 4.69) is 5.32 Å². The van der Waals surface area contributed by atoms with Gasteiger partial charge in [0.1, 0.15) is 22.7 Å². The molecule has 190 valence electrons. The lowest BCUT2D eigenvalue weighted by atomic mass is 9.93. The van der Waals surface area contributed by atoms with Crippen molar-refractivity contribution < 1.29 is 19.1 Å². The number of benzene rings is 2. The average Bonchev–Trinajstić information content (AvgIpc) is 3.08. The van der Waals surface area contributed by atoms with E-state index in [1.54, 1.807) is 19.1 Å². The topological polar surface area (TPSA) is 72.8 Å². The van der Waals surface area contributed by atoms with Crippen molar-refractivity contribution in [2.45, 2.75) is 70.1 Å². The number of amides is 2. The summed E-state index contributed by atoms with van der Waals surface area (Å²) in [6.07, 6.45) is 6.63. The highest BCUT2D eigenvalue weighted by Crippen LogP contribution is 2.40. The molecule has 7 nitrogen and oxygen atoms in total. The Hall–Kier alpha value is -3.48. The van der Waals surface area contributed by atoms with Gasteiger partial charge in [0.15, 0.2) is 0 Å². The Morgan fingerprint density at radius 2 is 1.67 bits per heavy atom. The van der Waals surface area contributed by atoms with Crippen molar-refractivity contribution in [3.05, 3.63) is 59.8 Å². The second-order valence-electron chi connectivity index (χ2n) is 10.2. The van der Waals surface area contributed by atoms with E-state index in [1.807, 2.05) is 60.0 Å². The van der Waals surface area contributed by atoms with E-state index in [9.17, 15) is 9.59 Å². The Morgan fingerprint density at radius 1 is 1.00 bits per heavy atom. The van der Waals surface area contributed by atoms with Gasteiger partial charge in [0, 0.05) is 18.0 Å². The van der Waals surface area contributed by atoms with Crippen LogP contribution in [0.4, 0.5) is 0 Å². The molecule has 1 aliphatic carbocycles. The summed E-state index contributed by atoms with van der Waals surface area (Å²) < 4.78 is 13.2. The molecular formula is C29H35N3O4. The Bertz CT molecular complexity index is 1260. The third-order valence-electron chi connectivity index (χ3n) is 7.81. The van der Waals surface area contributed by atoms with Gasteiger partial charge in [-0.2, -0.15) is 0 Å². The van der Waals surface area contributed by atoms with Crippen LogP contribution in [0.15, 0.2) is 48.5 Å². The monoisotopic (exact) mass is 489 g/mol. The molecule has 1 atom stereocenters. The van der Waals surface area contributed by atoms with Gasteiger partial charge in [-0.05, 0) is 43.5 Å². The number of aromatic nitrogens is 1. The molecule has 5 rings (SSSR count). The molecule has 2 aromatic carbocycles. The fraction of sp³-hybridized carbons (Fsp3) is 0.448. The third-order valence-corrected chi connectivity index (χ3v) is 7.81. The van der Waals surface area contributed by atoms with E-state index >= 15 is 0 Å². The van der Waals surface area contributed by atoms with Crippen LogP contribution >= 0.6 is 0 Å². The molecular weight excluding hydrogens is 454 g/mol. The van der Waals surface area contributed by atoms with Gasteiger partial charge in [0.2, 0.25) is 5.91 Å². The van der Waals surface area contributed by atoms with E-state index < -0.39 is 5.54 Å². The minimum Gasteiger partial charge on any atom is -0.496 e. The normalized spacial score (nSPS) is 20.6. The van der Waals surface area contributed by atoms with Crippen LogP contribution in [0.5, 0.6) is 11.5 Å². The van der Waals surface area contributed by atoms with E-state index in [0.29, 0.717) is 30.3 Å². The quantitative estimate of drug-likeness (QED) is 0.499. The summed E-state index contributed by atoms with van der Waals surface area (Å²) in [6, 6.07) is 15.5. The van der Waals surface area contributed by atoms with Crippen LogP contribution in [-0.4, -0.2) is 47.1 Å². The van der Waals surface area contributed by atoms with E-state index in [1.165, 1.54) is 12.8 Å². The van der Waals surface area contributed by atoms with Gasteiger partial charge >= 0.3 is 0 Å². The molecule has 1 aliphatic heterocycles. The third kappa shape index (κ3) is 4.21. The number of nitrogens with zero attached hydrogens (tertiary/aromatic N) is 2. The molecule has 1 N–H and O–H groups in total. The molecule has 0 spiro atoms. The number of nitrogens with one attached hydrogen (secondary N) is 1. The lowest BCUT2D eigenvalue weighted by Crippen LogP contribution is -2.64. The molecule has 3 aromatic rings. The average molecular weight is 490 g/mol. The Morgan fingerprint density at radius 3 is 2.33 bits per heavy atom. The Kier molecular flexibility index (Phi) is 6.65. The molecule has 2 amide bonds. The number of methoxy groups -OCH3 is 2. The lowest BCUT2D eigenvalue weighted by molar-refractivity contribution is -0.134. The van der Waals surface area contributed by atoms with Gasteiger partial charge in [-0.3, -0.25) is 9.59 Å². The fourth-order valence-corrected chi connectivity index (χ4v) is 5.73. The molecule has 1 aromatic heterocycles. The van der Waals surface area contributed by atoms with Crippen LogP contribution in [0.2, 0.25) is 0 Å². The van der Waals surface area contributed by atoms with E-state index in [-0.39, 0.29) is 17.9 Å². The van der Waals surface area contributed by atoms with Crippen molar-refractivity contribution in [2.75, 3.05) is 14.2 Å². The second-order valence-corrected chi connectivity index (χ2v) is 10.2. The molecule has 1 fully saturated rings. The van der Waals surface area contributed by atoms with Crippen molar-refractivity contribution in [1.82, 2.24) is 14.8 Å². The molecule has 2 heterocycles. The number of carbonyl (C=O) groups excluding carboxylic acids is 2. The first-order chi connectivity index (χ1) is 17.5. The Labute approximate surface area is 212 Å². The van der Waals surface area contributed by atoms with Gasteiger partial charge in [-0.15, -0.1) is 0 Å². The molecule has 7 heteroatoms. The summed E-state index contributed by atoms with van der Waals surface area (Å²) in [5, 5.41) is 4.12. The molecule has 1 saturated carbocycles. The predicted molar refractivity (Wildman–Crippen MR) is 139 cm³/mol. The number of hydrogen-bond acceptors (Lipinski definition) is 4. The van der Waals surface area contributed by atoms with Crippen molar-refractivity contribution >= 4 is 22.7 Å². The standard InChI is InChI=1S/C29H35N3O4/c1-29(28(34)30-21-13-9-4-5-10-14-21)19-31-23(27(33)32(29)18-20-11-7-6-8-12-20)17-22-24(35-2)15-16-25(36-3)26(22)31/h6-8,11-12,15-17,21H,4-5,9-10,13-14,18-19H2,1-3H3,(H,30,34)/t29-/m1/s1. The van der Waals surface area contributed by atoms with Crippen LogP contribution in [0, 0.1) is 0 Å². The van der Waals surface area contributed by atoms with Crippen LogP contribution in [0.25, 0.3) is 10.9 Å². The smallest absolute Gasteiger partial charge is 0.271 e. The zero-order chi connectivity index (χ0) is 25.3. The second kappa shape index (κ2) is 9.88. The molecule has 0 unspecified atom stereocenters.